The minimum Gasteiger partial charge on any atom is -0.494 e. The maximum atomic E-state index is 13.0. The van der Waals surface area contributed by atoms with Gasteiger partial charge in [0.05, 0.1) is 11.5 Å². The van der Waals surface area contributed by atoms with Crippen LogP contribution in [0.2, 0.25) is 0 Å². The highest BCUT2D eigenvalue weighted by Crippen LogP contribution is 2.22. The van der Waals surface area contributed by atoms with Crippen LogP contribution in [0.1, 0.15) is 24.0 Å². The van der Waals surface area contributed by atoms with Gasteiger partial charge in [-0.1, -0.05) is 12.1 Å². The van der Waals surface area contributed by atoms with Crippen LogP contribution in [0.25, 0.3) is 0 Å². The summed E-state index contributed by atoms with van der Waals surface area (Å²) < 4.78 is 45.8. The van der Waals surface area contributed by atoms with Gasteiger partial charge in [-0.05, 0) is 61.7 Å². The van der Waals surface area contributed by atoms with Crippen molar-refractivity contribution in [2.24, 2.45) is 0 Å². The van der Waals surface area contributed by atoms with Crippen molar-refractivity contribution in [3.8, 4) is 5.75 Å². The van der Waals surface area contributed by atoms with Crippen LogP contribution in [-0.2, 0) is 14.8 Å². The molecule has 0 aliphatic carbocycles. The third kappa shape index (κ3) is 5.37. The zero-order valence-corrected chi connectivity index (χ0v) is 18.1. The molecule has 0 radical (unpaired) electrons. The Hall–Kier alpha value is -2.45. The molecule has 1 saturated heterocycles. The van der Waals surface area contributed by atoms with Crippen LogP contribution in [-0.4, -0.2) is 56.3 Å². The van der Waals surface area contributed by atoms with Crippen LogP contribution in [0.15, 0.2) is 47.4 Å². The average Bonchev–Trinajstić information content (AvgIpc) is 2.74. The minimum absolute atomic E-state index is 0.0125. The Morgan fingerprint density at radius 2 is 1.70 bits per heavy atom. The van der Waals surface area contributed by atoms with Gasteiger partial charge >= 0.3 is 0 Å². The molecular weight excluding hydrogens is 407 g/mol. The second kappa shape index (κ2) is 9.57. The molecule has 0 spiro atoms. The molecule has 1 amide bonds. The maximum absolute atomic E-state index is 13.0. The van der Waals surface area contributed by atoms with Crippen molar-refractivity contribution in [3.63, 3.8) is 0 Å². The summed E-state index contributed by atoms with van der Waals surface area (Å²) in [5, 5.41) is 0. The number of piperazine rings is 1. The third-order valence-corrected chi connectivity index (χ3v) is 7.21. The number of aryl methyl sites for hydroxylation is 2. The molecule has 2 aromatic carbocycles. The lowest BCUT2D eigenvalue weighted by molar-refractivity contribution is -0.132. The highest BCUT2D eigenvalue weighted by atomic mass is 32.2. The van der Waals surface area contributed by atoms with Crippen molar-refractivity contribution in [2.45, 2.75) is 31.6 Å². The van der Waals surface area contributed by atoms with Crippen molar-refractivity contribution in [3.05, 3.63) is 59.4 Å². The first kappa shape index (κ1) is 22.2. The van der Waals surface area contributed by atoms with Crippen molar-refractivity contribution in [1.82, 2.24) is 9.21 Å². The van der Waals surface area contributed by atoms with Crippen LogP contribution in [0.3, 0.4) is 0 Å². The summed E-state index contributed by atoms with van der Waals surface area (Å²) in [7, 11) is -3.57. The molecule has 0 aromatic heterocycles. The van der Waals surface area contributed by atoms with Gasteiger partial charge in [0.1, 0.15) is 11.6 Å². The molecule has 0 bridgehead atoms. The molecule has 2 aromatic rings. The lowest BCUT2D eigenvalue weighted by atomic mass is 10.2. The van der Waals surface area contributed by atoms with Gasteiger partial charge in [-0.2, -0.15) is 4.31 Å². The molecule has 1 aliphatic rings. The molecule has 1 fully saturated rings. The van der Waals surface area contributed by atoms with E-state index < -0.39 is 10.0 Å². The fraction of sp³-hybridized carbons (Fsp3) is 0.409. The Kier molecular flexibility index (Phi) is 7.10. The van der Waals surface area contributed by atoms with Gasteiger partial charge in [0.15, 0.2) is 0 Å². The maximum Gasteiger partial charge on any atom is 0.243 e. The summed E-state index contributed by atoms with van der Waals surface area (Å²) in [5.41, 5.74) is 1.62. The van der Waals surface area contributed by atoms with E-state index in [1.54, 1.807) is 30.0 Å². The first-order valence-corrected chi connectivity index (χ1v) is 11.4. The Morgan fingerprint density at radius 3 is 2.37 bits per heavy atom. The molecule has 1 aliphatic heterocycles. The summed E-state index contributed by atoms with van der Waals surface area (Å²) in [5.74, 6) is 0.229. The number of nitrogens with zero attached hydrogens (tertiary/aromatic N) is 2. The summed E-state index contributed by atoms with van der Waals surface area (Å²) in [6, 6.07) is 11.2. The number of amides is 1. The summed E-state index contributed by atoms with van der Waals surface area (Å²) in [6.07, 6.45) is 0.863. The Balaban J connectivity index is 1.47. The number of halogens is 1. The topological polar surface area (TPSA) is 66.9 Å². The molecule has 3 rings (SSSR count). The molecule has 6 nitrogen and oxygen atoms in total. The number of ether oxygens (including phenoxy) is 1. The molecule has 8 heteroatoms. The van der Waals surface area contributed by atoms with Crippen LogP contribution in [0.5, 0.6) is 5.75 Å². The number of benzene rings is 2. The van der Waals surface area contributed by atoms with Gasteiger partial charge in [-0.3, -0.25) is 4.79 Å². The number of sulfonamides is 1. The molecular formula is C22H27FN2O4S. The number of hydrogen-bond acceptors (Lipinski definition) is 4. The lowest BCUT2D eigenvalue weighted by Gasteiger charge is -2.34. The predicted molar refractivity (Wildman–Crippen MR) is 112 cm³/mol. The van der Waals surface area contributed by atoms with Crippen molar-refractivity contribution in [1.29, 1.82) is 0 Å². The van der Waals surface area contributed by atoms with Gasteiger partial charge in [0, 0.05) is 32.6 Å². The van der Waals surface area contributed by atoms with Gasteiger partial charge in [0.25, 0.3) is 0 Å². The van der Waals surface area contributed by atoms with E-state index in [1.807, 2.05) is 19.1 Å². The Bertz CT molecular complexity index is 985. The zero-order chi connectivity index (χ0) is 21.7. The second-order valence-corrected chi connectivity index (χ2v) is 9.37. The minimum atomic E-state index is -3.57. The highest BCUT2D eigenvalue weighted by Gasteiger charge is 2.30. The van der Waals surface area contributed by atoms with Crippen LogP contribution in [0, 0.1) is 19.7 Å². The fourth-order valence-corrected chi connectivity index (χ4v) is 5.14. The van der Waals surface area contributed by atoms with E-state index >= 15 is 0 Å². The van der Waals surface area contributed by atoms with Gasteiger partial charge < -0.3 is 9.64 Å². The van der Waals surface area contributed by atoms with Crippen LogP contribution < -0.4 is 4.74 Å². The Labute approximate surface area is 177 Å². The highest BCUT2D eigenvalue weighted by molar-refractivity contribution is 7.89. The SMILES string of the molecule is Cc1ccc(C)c(S(=O)(=O)N2CCN(C(=O)CCCOc3ccc(F)cc3)CC2)c1. The largest absolute Gasteiger partial charge is 0.494 e. The van der Waals surface area contributed by atoms with E-state index in [0.717, 1.165) is 11.1 Å². The summed E-state index contributed by atoms with van der Waals surface area (Å²) in [6.45, 7) is 5.35. The van der Waals surface area contributed by atoms with E-state index in [9.17, 15) is 17.6 Å². The number of rotatable bonds is 7. The number of carbonyl (C=O) groups is 1. The van der Waals surface area contributed by atoms with Gasteiger partial charge in [-0.25, -0.2) is 12.8 Å². The van der Waals surface area contributed by atoms with E-state index in [4.69, 9.17) is 4.74 Å². The quantitative estimate of drug-likeness (QED) is 0.628. The Morgan fingerprint density at radius 1 is 1.03 bits per heavy atom. The molecule has 0 unspecified atom stereocenters. The zero-order valence-electron chi connectivity index (χ0n) is 17.3. The monoisotopic (exact) mass is 434 g/mol. The van der Waals surface area contributed by atoms with E-state index in [0.29, 0.717) is 43.2 Å². The molecule has 30 heavy (non-hydrogen) atoms. The lowest BCUT2D eigenvalue weighted by Crippen LogP contribution is -2.50. The standard InChI is InChI=1S/C22H27FN2O4S/c1-17-5-6-18(2)21(16-17)30(27,28)25-13-11-24(12-14-25)22(26)4-3-15-29-20-9-7-19(23)8-10-20/h5-10,16H,3-4,11-15H2,1-2H3. The van der Waals surface area contributed by atoms with Crippen LogP contribution in [0.4, 0.5) is 4.39 Å². The molecule has 1 heterocycles. The van der Waals surface area contributed by atoms with E-state index in [-0.39, 0.29) is 24.8 Å². The van der Waals surface area contributed by atoms with Gasteiger partial charge in [-0.15, -0.1) is 0 Å². The van der Waals surface area contributed by atoms with Gasteiger partial charge in [0.2, 0.25) is 15.9 Å². The molecule has 0 saturated carbocycles. The summed E-state index contributed by atoms with van der Waals surface area (Å²) >= 11 is 0. The van der Waals surface area contributed by atoms with Crippen LogP contribution >= 0.6 is 0 Å². The van der Waals surface area contributed by atoms with E-state index in [1.165, 1.54) is 16.4 Å². The van der Waals surface area contributed by atoms with Crippen molar-refractivity contribution in [2.75, 3.05) is 32.8 Å². The normalized spacial score (nSPS) is 15.2. The predicted octanol–water partition coefficient (Wildman–Crippen LogP) is 3.13. The fourth-order valence-electron chi connectivity index (χ4n) is 3.40. The first-order chi connectivity index (χ1) is 14.3. The molecule has 162 valence electrons. The third-order valence-electron chi connectivity index (χ3n) is 5.17. The van der Waals surface area contributed by atoms with Crippen molar-refractivity contribution < 1.29 is 22.3 Å². The smallest absolute Gasteiger partial charge is 0.243 e. The first-order valence-electron chi connectivity index (χ1n) is 10.0. The summed E-state index contributed by atoms with van der Waals surface area (Å²) in [4.78, 5) is 14.5. The molecule has 0 atom stereocenters. The van der Waals surface area contributed by atoms with E-state index in [2.05, 4.69) is 0 Å². The van der Waals surface area contributed by atoms with Crippen molar-refractivity contribution >= 4 is 15.9 Å². The molecule has 0 N–H and O–H groups in total. The average molecular weight is 435 g/mol. The number of carbonyl (C=O) groups excluding carboxylic acids is 1. The number of hydrogen-bond donors (Lipinski definition) is 0. The second-order valence-electron chi connectivity index (χ2n) is 7.46.